The smallest absolute Gasteiger partial charge is 0.00931 e. The lowest BCUT2D eigenvalue weighted by Gasteiger charge is -2.25. The van der Waals surface area contributed by atoms with Crippen LogP contribution in [0.5, 0.6) is 0 Å². The van der Waals surface area contributed by atoms with Crippen molar-refractivity contribution in [3.63, 3.8) is 0 Å². The van der Waals surface area contributed by atoms with E-state index in [4.69, 9.17) is 0 Å². The molecule has 0 aromatic heterocycles. The van der Waals surface area contributed by atoms with Gasteiger partial charge in [-0.3, -0.25) is 0 Å². The van der Waals surface area contributed by atoms with Gasteiger partial charge >= 0.3 is 0 Å². The Labute approximate surface area is 107 Å². The Morgan fingerprint density at radius 2 is 1.71 bits per heavy atom. The van der Waals surface area contributed by atoms with E-state index in [9.17, 15) is 0 Å². The molecule has 0 amide bonds. The number of hydrogen-bond donors (Lipinski definition) is 1. The normalized spacial score (nSPS) is 14.6. The van der Waals surface area contributed by atoms with Crippen molar-refractivity contribution in [3.05, 3.63) is 34.9 Å². The number of benzene rings is 1. The van der Waals surface area contributed by atoms with Gasteiger partial charge in [-0.05, 0) is 55.8 Å². The Balaban J connectivity index is 2.76. The average Bonchev–Trinajstić information content (AvgIpc) is 2.30. The van der Waals surface area contributed by atoms with Gasteiger partial charge in [0.1, 0.15) is 0 Å². The monoisotopic (exact) mass is 233 g/mol. The summed E-state index contributed by atoms with van der Waals surface area (Å²) in [4.78, 5) is 0. The minimum absolute atomic E-state index is 0.638. The molecular formula is C16H27N. The predicted octanol–water partition coefficient (Wildman–Crippen LogP) is 3.87. The van der Waals surface area contributed by atoms with Crippen molar-refractivity contribution in [2.24, 2.45) is 5.92 Å². The standard InChI is InChI=1S/C16H27N/c1-6-16(17-7-2)14(5)11-15-12(3)9-8-10-13(15)4/h8-10,14,16-17H,6-7,11H2,1-5H3. The highest BCUT2D eigenvalue weighted by Crippen LogP contribution is 2.20. The van der Waals surface area contributed by atoms with Gasteiger partial charge in [0.05, 0.1) is 0 Å². The lowest BCUT2D eigenvalue weighted by atomic mass is 9.88. The maximum Gasteiger partial charge on any atom is 0.00931 e. The Morgan fingerprint density at radius 3 is 2.18 bits per heavy atom. The van der Waals surface area contributed by atoms with Crippen LogP contribution < -0.4 is 5.32 Å². The number of rotatable bonds is 6. The first-order valence-electron chi connectivity index (χ1n) is 6.88. The molecule has 0 aliphatic carbocycles. The Bertz CT molecular complexity index is 323. The second-order valence-corrected chi connectivity index (χ2v) is 5.12. The van der Waals surface area contributed by atoms with Crippen LogP contribution in [0.3, 0.4) is 0 Å². The predicted molar refractivity (Wildman–Crippen MR) is 76.5 cm³/mol. The first-order valence-corrected chi connectivity index (χ1v) is 6.88. The molecule has 1 heteroatoms. The molecule has 0 heterocycles. The summed E-state index contributed by atoms with van der Waals surface area (Å²) in [7, 11) is 0. The molecule has 1 nitrogen and oxygen atoms in total. The molecular weight excluding hydrogens is 206 g/mol. The fourth-order valence-corrected chi connectivity index (χ4v) is 2.65. The van der Waals surface area contributed by atoms with Gasteiger partial charge < -0.3 is 5.32 Å². The summed E-state index contributed by atoms with van der Waals surface area (Å²) < 4.78 is 0. The highest BCUT2D eigenvalue weighted by molar-refractivity contribution is 5.33. The summed E-state index contributed by atoms with van der Waals surface area (Å²) >= 11 is 0. The topological polar surface area (TPSA) is 12.0 Å². The summed E-state index contributed by atoms with van der Waals surface area (Å²) in [6.45, 7) is 12.3. The summed E-state index contributed by atoms with van der Waals surface area (Å²) in [6, 6.07) is 7.24. The highest BCUT2D eigenvalue weighted by atomic mass is 14.9. The minimum Gasteiger partial charge on any atom is -0.314 e. The van der Waals surface area contributed by atoms with Crippen molar-refractivity contribution in [3.8, 4) is 0 Å². The molecule has 1 aromatic rings. The molecule has 2 unspecified atom stereocenters. The van der Waals surface area contributed by atoms with Gasteiger partial charge in [0.15, 0.2) is 0 Å². The third kappa shape index (κ3) is 3.85. The Kier molecular flexibility index (Phi) is 5.70. The van der Waals surface area contributed by atoms with Gasteiger partial charge in [0, 0.05) is 6.04 Å². The van der Waals surface area contributed by atoms with Gasteiger partial charge in [0.2, 0.25) is 0 Å². The van der Waals surface area contributed by atoms with E-state index in [1.54, 1.807) is 0 Å². The number of aryl methyl sites for hydroxylation is 2. The van der Waals surface area contributed by atoms with Crippen molar-refractivity contribution in [1.29, 1.82) is 0 Å². The summed E-state index contributed by atoms with van der Waals surface area (Å²) in [5.41, 5.74) is 4.41. The maximum absolute atomic E-state index is 3.59. The van der Waals surface area contributed by atoms with Gasteiger partial charge in [-0.25, -0.2) is 0 Å². The fraction of sp³-hybridized carbons (Fsp3) is 0.625. The first-order chi connectivity index (χ1) is 8.10. The number of nitrogens with one attached hydrogen (secondary N) is 1. The van der Waals surface area contributed by atoms with Crippen LogP contribution in [0.4, 0.5) is 0 Å². The van der Waals surface area contributed by atoms with Gasteiger partial charge in [-0.1, -0.05) is 39.0 Å². The maximum atomic E-state index is 3.59. The molecule has 0 saturated heterocycles. The van der Waals surface area contributed by atoms with Crippen molar-refractivity contribution in [2.75, 3.05) is 6.54 Å². The van der Waals surface area contributed by atoms with Gasteiger partial charge in [-0.15, -0.1) is 0 Å². The summed E-state index contributed by atoms with van der Waals surface area (Å²) in [6.07, 6.45) is 2.39. The minimum atomic E-state index is 0.638. The summed E-state index contributed by atoms with van der Waals surface area (Å²) in [5, 5.41) is 3.59. The van der Waals surface area contributed by atoms with E-state index in [0.29, 0.717) is 12.0 Å². The molecule has 0 bridgehead atoms. The second kappa shape index (κ2) is 6.80. The zero-order valence-corrected chi connectivity index (χ0v) is 12.0. The lowest BCUT2D eigenvalue weighted by Crippen LogP contribution is -2.35. The molecule has 2 atom stereocenters. The zero-order chi connectivity index (χ0) is 12.8. The quantitative estimate of drug-likeness (QED) is 0.786. The molecule has 0 aliphatic rings. The molecule has 17 heavy (non-hydrogen) atoms. The average molecular weight is 233 g/mol. The fourth-order valence-electron chi connectivity index (χ4n) is 2.65. The highest BCUT2D eigenvalue weighted by Gasteiger charge is 2.16. The van der Waals surface area contributed by atoms with Crippen molar-refractivity contribution in [1.82, 2.24) is 5.32 Å². The zero-order valence-electron chi connectivity index (χ0n) is 12.0. The SMILES string of the molecule is CCNC(CC)C(C)Cc1c(C)cccc1C. The summed E-state index contributed by atoms with van der Waals surface area (Å²) in [5.74, 6) is 0.694. The van der Waals surface area contributed by atoms with Crippen LogP contribution in [0.2, 0.25) is 0 Å². The molecule has 1 N–H and O–H groups in total. The van der Waals surface area contributed by atoms with Gasteiger partial charge in [-0.2, -0.15) is 0 Å². The van der Waals surface area contributed by atoms with E-state index < -0.39 is 0 Å². The van der Waals surface area contributed by atoms with Crippen LogP contribution in [0, 0.1) is 19.8 Å². The number of hydrogen-bond acceptors (Lipinski definition) is 1. The van der Waals surface area contributed by atoms with E-state index in [1.165, 1.54) is 29.5 Å². The second-order valence-electron chi connectivity index (χ2n) is 5.12. The van der Waals surface area contributed by atoms with E-state index in [0.717, 1.165) is 6.54 Å². The van der Waals surface area contributed by atoms with E-state index in [1.807, 2.05) is 0 Å². The molecule has 1 rings (SSSR count). The molecule has 0 radical (unpaired) electrons. The van der Waals surface area contributed by atoms with Crippen LogP contribution in [0.25, 0.3) is 0 Å². The first kappa shape index (κ1) is 14.2. The van der Waals surface area contributed by atoms with Crippen LogP contribution in [0.15, 0.2) is 18.2 Å². The van der Waals surface area contributed by atoms with E-state index in [-0.39, 0.29) is 0 Å². The Hall–Kier alpha value is -0.820. The Morgan fingerprint density at radius 1 is 1.12 bits per heavy atom. The molecule has 0 saturated carbocycles. The van der Waals surface area contributed by atoms with Crippen LogP contribution >= 0.6 is 0 Å². The van der Waals surface area contributed by atoms with E-state index in [2.05, 4.69) is 58.1 Å². The van der Waals surface area contributed by atoms with Crippen LogP contribution in [-0.2, 0) is 6.42 Å². The van der Waals surface area contributed by atoms with Crippen LogP contribution in [0.1, 0.15) is 43.9 Å². The van der Waals surface area contributed by atoms with E-state index >= 15 is 0 Å². The lowest BCUT2D eigenvalue weighted by molar-refractivity contribution is 0.370. The van der Waals surface area contributed by atoms with Gasteiger partial charge in [0.25, 0.3) is 0 Å². The van der Waals surface area contributed by atoms with Crippen molar-refractivity contribution >= 4 is 0 Å². The third-order valence-corrected chi connectivity index (χ3v) is 3.76. The molecule has 0 aliphatic heterocycles. The van der Waals surface area contributed by atoms with Crippen molar-refractivity contribution < 1.29 is 0 Å². The van der Waals surface area contributed by atoms with Crippen molar-refractivity contribution in [2.45, 2.75) is 53.5 Å². The van der Waals surface area contributed by atoms with Crippen LogP contribution in [-0.4, -0.2) is 12.6 Å². The molecule has 0 fully saturated rings. The molecule has 96 valence electrons. The molecule has 0 spiro atoms. The third-order valence-electron chi connectivity index (χ3n) is 3.76. The molecule has 1 aromatic carbocycles. The largest absolute Gasteiger partial charge is 0.314 e.